The standard InChI is InChI=1S/C15H16O3S/c1-9(2)13(17)8-19-14-7-12(16)10-5-3-4-6-11(10)15(14)18/h3-7,9,13,17H,8H2,1-2H3/t13-/m1/s1. The van der Waals surface area contributed by atoms with Gasteiger partial charge in [-0.1, -0.05) is 38.1 Å². The lowest BCUT2D eigenvalue weighted by Gasteiger charge is -2.17. The normalized spacial score (nSPS) is 16.3. The second kappa shape index (κ2) is 5.72. The van der Waals surface area contributed by atoms with Crippen molar-refractivity contribution in [1.29, 1.82) is 0 Å². The quantitative estimate of drug-likeness (QED) is 0.918. The Hall–Kier alpha value is -1.39. The summed E-state index contributed by atoms with van der Waals surface area (Å²) in [5.74, 6) is 0.285. The SMILES string of the molecule is CC(C)[C@H](O)CSC1=CC(=O)c2ccccc2C1=O. The van der Waals surface area contributed by atoms with Gasteiger partial charge in [-0.2, -0.15) is 0 Å². The molecule has 0 spiro atoms. The molecule has 1 atom stereocenters. The van der Waals surface area contributed by atoms with Crippen LogP contribution in [0.2, 0.25) is 0 Å². The molecule has 0 unspecified atom stereocenters. The molecule has 19 heavy (non-hydrogen) atoms. The van der Waals surface area contributed by atoms with Gasteiger partial charge in [0.2, 0.25) is 0 Å². The van der Waals surface area contributed by atoms with Crippen molar-refractivity contribution in [3.05, 3.63) is 46.4 Å². The first-order valence-electron chi connectivity index (χ1n) is 6.21. The zero-order valence-corrected chi connectivity index (χ0v) is 11.7. The number of rotatable bonds is 4. The van der Waals surface area contributed by atoms with Gasteiger partial charge in [0, 0.05) is 23.0 Å². The molecule has 0 fully saturated rings. The molecule has 0 amide bonds. The second-order valence-corrected chi connectivity index (χ2v) is 5.93. The number of aliphatic hydroxyl groups is 1. The molecule has 2 rings (SSSR count). The summed E-state index contributed by atoms with van der Waals surface area (Å²) in [6, 6.07) is 6.83. The number of aliphatic hydroxyl groups excluding tert-OH is 1. The van der Waals surface area contributed by atoms with Crippen LogP contribution in [-0.4, -0.2) is 28.5 Å². The third kappa shape index (κ3) is 2.96. The maximum Gasteiger partial charge on any atom is 0.200 e. The van der Waals surface area contributed by atoms with Crippen LogP contribution in [0.1, 0.15) is 34.6 Å². The van der Waals surface area contributed by atoms with Gasteiger partial charge in [-0.15, -0.1) is 11.8 Å². The van der Waals surface area contributed by atoms with Crippen LogP contribution < -0.4 is 0 Å². The van der Waals surface area contributed by atoms with Gasteiger partial charge in [0.1, 0.15) is 0 Å². The second-order valence-electron chi connectivity index (χ2n) is 4.87. The number of carbonyl (C=O) groups is 2. The third-order valence-corrected chi connectivity index (χ3v) is 4.22. The largest absolute Gasteiger partial charge is 0.392 e. The zero-order chi connectivity index (χ0) is 14.0. The van der Waals surface area contributed by atoms with E-state index in [1.807, 2.05) is 13.8 Å². The van der Waals surface area contributed by atoms with E-state index in [1.54, 1.807) is 24.3 Å². The third-order valence-electron chi connectivity index (χ3n) is 3.10. The number of carbonyl (C=O) groups excluding carboxylic acids is 2. The van der Waals surface area contributed by atoms with E-state index in [-0.39, 0.29) is 17.5 Å². The fourth-order valence-electron chi connectivity index (χ4n) is 1.77. The molecule has 0 heterocycles. The first-order valence-corrected chi connectivity index (χ1v) is 7.20. The van der Waals surface area contributed by atoms with Gasteiger partial charge in [-0.25, -0.2) is 0 Å². The molecule has 1 N–H and O–H groups in total. The molecular weight excluding hydrogens is 260 g/mol. The van der Waals surface area contributed by atoms with Gasteiger partial charge in [-0.3, -0.25) is 9.59 Å². The van der Waals surface area contributed by atoms with Crippen LogP contribution in [0.4, 0.5) is 0 Å². The van der Waals surface area contributed by atoms with E-state index in [9.17, 15) is 14.7 Å². The Morgan fingerprint density at radius 3 is 2.42 bits per heavy atom. The van der Waals surface area contributed by atoms with Crippen LogP contribution in [0.3, 0.4) is 0 Å². The van der Waals surface area contributed by atoms with Crippen molar-refractivity contribution in [1.82, 2.24) is 0 Å². The monoisotopic (exact) mass is 276 g/mol. The minimum Gasteiger partial charge on any atom is -0.392 e. The lowest BCUT2D eigenvalue weighted by molar-refractivity contribution is 0.0991. The van der Waals surface area contributed by atoms with E-state index in [2.05, 4.69) is 0 Å². The van der Waals surface area contributed by atoms with Crippen molar-refractivity contribution in [2.75, 3.05) is 5.75 Å². The number of hydrogen-bond acceptors (Lipinski definition) is 4. The number of benzene rings is 1. The molecule has 1 aliphatic carbocycles. The zero-order valence-electron chi connectivity index (χ0n) is 10.9. The molecule has 0 saturated carbocycles. The molecule has 100 valence electrons. The Morgan fingerprint density at radius 1 is 1.16 bits per heavy atom. The minimum absolute atomic E-state index is 0.129. The molecule has 0 aromatic heterocycles. The summed E-state index contributed by atoms with van der Waals surface area (Å²) in [7, 11) is 0. The molecule has 0 aliphatic heterocycles. The highest BCUT2D eigenvalue weighted by Gasteiger charge is 2.25. The highest BCUT2D eigenvalue weighted by molar-refractivity contribution is 8.04. The fourth-order valence-corrected chi connectivity index (χ4v) is 2.93. The molecule has 1 aliphatic rings. The molecule has 0 saturated heterocycles. The molecule has 3 nitrogen and oxygen atoms in total. The van der Waals surface area contributed by atoms with Crippen molar-refractivity contribution in [3.63, 3.8) is 0 Å². The average molecular weight is 276 g/mol. The van der Waals surface area contributed by atoms with Crippen LogP contribution in [0.5, 0.6) is 0 Å². The number of ketones is 2. The van der Waals surface area contributed by atoms with Crippen LogP contribution >= 0.6 is 11.8 Å². The summed E-state index contributed by atoms with van der Waals surface area (Å²) in [6.07, 6.45) is 0.897. The van der Waals surface area contributed by atoms with Gasteiger partial charge >= 0.3 is 0 Å². The van der Waals surface area contributed by atoms with Crippen LogP contribution in [-0.2, 0) is 0 Å². The topological polar surface area (TPSA) is 54.4 Å². The van der Waals surface area contributed by atoms with Gasteiger partial charge in [-0.05, 0) is 5.92 Å². The van der Waals surface area contributed by atoms with Crippen molar-refractivity contribution in [2.24, 2.45) is 5.92 Å². The Labute approximate surface area is 116 Å². The lowest BCUT2D eigenvalue weighted by atomic mass is 9.95. The molecule has 4 heteroatoms. The van der Waals surface area contributed by atoms with Gasteiger partial charge in [0.25, 0.3) is 0 Å². The van der Waals surface area contributed by atoms with Crippen molar-refractivity contribution < 1.29 is 14.7 Å². The van der Waals surface area contributed by atoms with E-state index in [0.29, 0.717) is 21.8 Å². The molecular formula is C15H16O3S. The summed E-state index contributed by atoms with van der Waals surface area (Å²) in [4.78, 5) is 24.6. The number of fused-ring (bicyclic) bond motifs is 1. The van der Waals surface area contributed by atoms with Gasteiger partial charge in [0.05, 0.1) is 11.0 Å². The fraction of sp³-hybridized carbons (Fsp3) is 0.333. The summed E-state index contributed by atoms with van der Waals surface area (Å²) in [5, 5.41) is 9.76. The Balaban J connectivity index is 2.17. The number of thioether (sulfide) groups is 1. The van der Waals surface area contributed by atoms with Crippen molar-refractivity contribution >= 4 is 23.3 Å². The van der Waals surface area contributed by atoms with Crippen molar-refractivity contribution in [3.8, 4) is 0 Å². The summed E-state index contributed by atoms with van der Waals surface area (Å²) < 4.78 is 0. The first kappa shape index (κ1) is 14.0. The van der Waals surface area contributed by atoms with Crippen molar-refractivity contribution in [2.45, 2.75) is 20.0 Å². The first-order chi connectivity index (χ1) is 9.00. The number of Topliss-reactive ketones (excluding diaryl/α,β-unsaturated/α-hetero) is 1. The highest BCUT2D eigenvalue weighted by atomic mass is 32.2. The molecule has 0 radical (unpaired) electrons. The van der Waals surface area contributed by atoms with Crippen LogP contribution in [0.25, 0.3) is 0 Å². The predicted molar refractivity (Wildman–Crippen MR) is 76.5 cm³/mol. The summed E-state index contributed by atoms with van der Waals surface area (Å²) in [6.45, 7) is 3.84. The Bertz CT molecular complexity index is 546. The summed E-state index contributed by atoms with van der Waals surface area (Å²) in [5.41, 5.74) is 0.915. The predicted octanol–water partition coefficient (Wildman–Crippen LogP) is 2.70. The molecule has 1 aromatic carbocycles. The highest BCUT2D eigenvalue weighted by Crippen LogP contribution is 2.29. The Kier molecular flexibility index (Phi) is 4.22. The maximum atomic E-state index is 12.2. The number of hydrogen-bond donors (Lipinski definition) is 1. The van der Waals surface area contributed by atoms with E-state index < -0.39 is 6.10 Å². The lowest BCUT2D eigenvalue weighted by Crippen LogP contribution is -2.20. The van der Waals surface area contributed by atoms with Gasteiger partial charge < -0.3 is 5.11 Å². The number of allylic oxidation sites excluding steroid dienone is 2. The van der Waals surface area contributed by atoms with E-state index in [4.69, 9.17) is 0 Å². The van der Waals surface area contributed by atoms with E-state index >= 15 is 0 Å². The average Bonchev–Trinajstić information content (AvgIpc) is 2.40. The minimum atomic E-state index is -0.481. The van der Waals surface area contributed by atoms with Crippen LogP contribution in [0, 0.1) is 5.92 Å². The van der Waals surface area contributed by atoms with Crippen LogP contribution in [0.15, 0.2) is 35.2 Å². The van der Waals surface area contributed by atoms with E-state index in [1.165, 1.54) is 17.8 Å². The van der Waals surface area contributed by atoms with E-state index in [0.717, 1.165) is 0 Å². The van der Waals surface area contributed by atoms with Gasteiger partial charge in [0.15, 0.2) is 11.6 Å². The Morgan fingerprint density at radius 2 is 1.79 bits per heavy atom. The molecule has 0 bridgehead atoms. The smallest absolute Gasteiger partial charge is 0.200 e. The molecule has 1 aromatic rings. The summed E-state index contributed by atoms with van der Waals surface area (Å²) >= 11 is 1.25. The maximum absolute atomic E-state index is 12.2.